The van der Waals surface area contributed by atoms with Crippen LogP contribution in [0.15, 0.2) is 23.0 Å². The van der Waals surface area contributed by atoms with E-state index in [1.165, 1.54) is 17.4 Å². The fraction of sp³-hybridized carbons (Fsp3) is 0.500. The molecule has 1 aromatic rings. The van der Waals surface area contributed by atoms with Crippen molar-refractivity contribution < 1.29 is 18.4 Å². The van der Waals surface area contributed by atoms with Gasteiger partial charge in [0.25, 0.3) is 17.4 Å². The van der Waals surface area contributed by atoms with E-state index in [-0.39, 0.29) is 18.5 Å². The van der Waals surface area contributed by atoms with Gasteiger partial charge in [0.15, 0.2) is 0 Å². The molecular formula is C12H14ClFN2O3. The van der Waals surface area contributed by atoms with Gasteiger partial charge in [0.05, 0.1) is 11.8 Å². The van der Waals surface area contributed by atoms with Crippen LogP contribution >= 0.6 is 11.6 Å². The molecular weight excluding hydrogens is 275 g/mol. The Bertz CT molecular complexity index is 464. The van der Waals surface area contributed by atoms with Crippen LogP contribution in [-0.4, -0.2) is 52.9 Å². The van der Waals surface area contributed by atoms with E-state index in [0.717, 1.165) is 0 Å². The van der Waals surface area contributed by atoms with Crippen molar-refractivity contribution >= 4 is 23.4 Å². The highest BCUT2D eigenvalue weighted by Gasteiger charge is 2.33. The number of piperazine rings is 1. The van der Waals surface area contributed by atoms with Gasteiger partial charge in [-0.05, 0) is 13.0 Å². The lowest BCUT2D eigenvalue weighted by Crippen LogP contribution is -2.56. The number of carbonyl (C=O) groups excluding carboxylic acids is 2. The molecule has 2 amide bonds. The molecule has 19 heavy (non-hydrogen) atoms. The van der Waals surface area contributed by atoms with Crippen molar-refractivity contribution in [3.8, 4) is 0 Å². The van der Waals surface area contributed by atoms with Crippen molar-refractivity contribution in [3.63, 3.8) is 0 Å². The van der Waals surface area contributed by atoms with Crippen molar-refractivity contribution in [3.05, 3.63) is 24.2 Å². The number of furan rings is 1. The number of amides is 2. The largest absolute Gasteiger partial charge is 0.472 e. The molecule has 2 heterocycles. The van der Waals surface area contributed by atoms with Crippen molar-refractivity contribution in [2.75, 3.05) is 19.6 Å². The lowest BCUT2D eigenvalue weighted by molar-refractivity contribution is -0.137. The summed E-state index contributed by atoms with van der Waals surface area (Å²) in [6, 6.07) is 1.31. The molecule has 0 aromatic carbocycles. The summed E-state index contributed by atoms with van der Waals surface area (Å²) in [6.45, 7) is 2.73. The molecule has 0 spiro atoms. The third-order valence-electron chi connectivity index (χ3n) is 3.15. The SMILES string of the molecule is CC1CN(C(=O)c2ccoc2)CCN1C(=O)C(F)Cl. The molecule has 7 heteroatoms. The molecule has 2 unspecified atom stereocenters. The van der Waals surface area contributed by atoms with E-state index in [2.05, 4.69) is 0 Å². The number of halogens is 2. The first-order valence-corrected chi connectivity index (χ1v) is 6.34. The number of rotatable bonds is 2. The topological polar surface area (TPSA) is 53.8 Å². The molecule has 1 aromatic heterocycles. The zero-order chi connectivity index (χ0) is 14.0. The first-order valence-electron chi connectivity index (χ1n) is 5.91. The molecule has 1 aliphatic rings. The third-order valence-corrected chi connectivity index (χ3v) is 3.34. The summed E-state index contributed by atoms with van der Waals surface area (Å²) < 4.78 is 17.7. The Kier molecular flexibility index (Phi) is 4.09. The molecule has 1 aliphatic heterocycles. The van der Waals surface area contributed by atoms with Crippen LogP contribution < -0.4 is 0 Å². The third kappa shape index (κ3) is 2.89. The minimum Gasteiger partial charge on any atom is -0.472 e. The van der Waals surface area contributed by atoms with Crippen LogP contribution in [-0.2, 0) is 4.79 Å². The summed E-state index contributed by atoms with van der Waals surface area (Å²) in [7, 11) is 0. The van der Waals surface area contributed by atoms with E-state index in [1.54, 1.807) is 17.9 Å². The average Bonchev–Trinajstić information content (AvgIpc) is 2.90. The summed E-state index contributed by atoms with van der Waals surface area (Å²) in [6.07, 6.45) is 2.80. The van der Waals surface area contributed by atoms with Gasteiger partial charge < -0.3 is 14.2 Å². The summed E-state index contributed by atoms with van der Waals surface area (Å²) in [5.41, 5.74) is -1.56. The van der Waals surface area contributed by atoms with Crippen LogP contribution in [0, 0.1) is 0 Å². The Morgan fingerprint density at radius 2 is 2.26 bits per heavy atom. The van der Waals surface area contributed by atoms with Crippen LogP contribution in [0.25, 0.3) is 0 Å². The van der Waals surface area contributed by atoms with Crippen LogP contribution in [0.4, 0.5) is 4.39 Å². The fourth-order valence-electron chi connectivity index (χ4n) is 2.16. The van der Waals surface area contributed by atoms with E-state index in [1.807, 2.05) is 0 Å². The number of nitrogens with zero attached hydrogens (tertiary/aromatic N) is 2. The summed E-state index contributed by atoms with van der Waals surface area (Å²) in [5.74, 6) is -0.903. The molecule has 5 nitrogen and oxygen atoms in total. The van der Waals surface area contributed by atoms with Crippen molar-refractivity contribution in [2.24, 2.45) is 0 Å². The molecule has 1 saturated heterocycles. The van der Waals surface area contributed by atoms with Crippen molar-refractivity contribution in [1.29, 1.82) is 0 Å². The monoisotopic (exact) mass is 288 g/mol. The van der Waals surface area contributed by atoms with Gasteiger partial charge >= 0.3 is 0 Å². The summed E-state index contributed by atoms with van der Waals surface area (Å²) in [5, 5.41) is 0. The van der Waals surface area contributed by atoms with Crippen LogP contribution in [0.5, 0.6) is 0 Å². The van der Waals surface area contributed by atoms with Gasteiger partial charge in [-0.3, -0.25) is 9.59 Å². The van der Waals surface area contributed by atoms with E-state index >= 15 is 0 Å². The van der Waals surface area contributed by atoms with Gasteiger partial charge in [0.1, 0.15) is 6.26 Å². The van der Waals surface area contributed by atoms with E-state index in [9.17, 15) is 14.0 Å². The first kappa shape index (κ1) is 13.9. The number of carbonyl (C=O) groups is 2. The smallest absolute Gasteiger partial charge is 0.273 e. The normalized spacial score (nSPS) is 21.3. The van der Waals surface area contributed by atoms with Crippen LogP contribution in [0.3, 0.4) is 0 Å². The zero-order valence-corrected chi connectivity index (χ0v) is 11.1. The quantitative estimate of drug-likeness (QED) is 0.775. The molecule has 2 rings (SSSR count). The molecule has 0 aliphatic carbocycles. The lowest BCUT2D eigenvalue weighted by Gasteiger charge is -2.39. The zero-order valence-electron chi connectivity index (χ0n) is 10.4. The van der Waals surface area contributed by atoms with E-state index < -0.39 is 11.5 Å². The highest BCUT2D eigenvalue weighted by molar-refractivity contribution is 6.29. The Labute approximate surface area is 114 Å². The Morgan fingerprint density at radius 1 is 1.53 bits per heavy atom. The maximum Gasteiger partial charge on any atom is 0.273 e. The van der Waals surface area contributed by atoms with Gasteiger partial charge in [0.2, 0.25) is 0 Å². The average molecular weight is 289 g/mol. The first-order chi connectivity index (χ1) is 9.00. The molecule has 1 fully saturated rings. The van der Waals surface area contributed by atoms with Gasteiger partial charge in [-0.25, -0.2) is 4.39 Å². The van der Waals surface area contributed by atoms with Gasteiger partial charge in [-0.15, -0.1) is 0 Å². The maximum absolute atomic E-state index is 12.8. The standard InChI is InChI=1S/C12H14ClFN2O3/c1-8-6-15(11(17)9-2-5-19-7-9)3-4-16(8)12(18)10(13)14/h2,5,7-8,10H,3-4,6H2,1H3. The molecule has 0 bridgehead atoms. The van der Waals surface area contributed by atoms with Gasteiger partial charge in [-0.1, -0.05) is 11.6 Å². The molecule has 0 radical (unpaired) electrons. The predicted octanol–water partition coefficient (Wildman–Crippen LogP) is 1.49. The minimum absolute atomic E-state index is 0.157. The highest BCUT2D eigenvalue weighted by Crippen LogP contribution is 2.16. The summed E-state index contributed by atoms with van der Waals surface area (Å²) in [4.78, 5) is 26.6. The highest BCUT2D eigenvalue weighted by atomic mass is 35.5. The maximum atomic E-state index is 12.8. The summed E-state index contributed by atoms with van der Waals surface area (Å²) >= 11 is 5.16. The Morgan fingerprint density at radius 3 is 2.79 bits per heavy atom. The Hall–Kier alpha value is -1.56. The number of hydrogen-bond donors (Lipinski definition) is 0. The second-order valence-electron chi connectivity index (χ2n) is 4.44. The fourth-order valence-corrected chi connectivity index (χ4v) is 2.29. The second-order valence-corrected chi connectivity index (χ2v) is 4.83. The molecule has 0 N–H and O–H groups in total. The number of hydrogen-bond acceptors (Lipinski definition) is 3. The van der Waals surface area contributed by atoms with Gasteiger partial charge in [0, 0.05) is 25.7 Å². The minimum atomic E-state index is -2.03. The lowest BCUT2D eigenvalue weighted by atomic mass is 10.1. The number of alkyl halides is 2. The van der Waals surface area contributed by atoms with Crippen molar-refractivity contribution in [2.45, 2.75) is 18.6 Å². The Balaban J connectivity index is 2.00. The predicted molar refractivity (Wildman–Crippen MR) is 66.5 cm³/mol. The van der Waals surface area contributed by atoms with Crippen LogP contribution in [0.1, 0.15) is 17.3 Å². The molecule has 0 saturated carbocycles. The molecule has 2 atom stereocenters. The van der Waals surface area contributed by atoms with E-state index in [4.69, 9.17) is 16.0 Å². The molecule has 104 valence electrons. The van der Waals surface area contributed by atoms with Gasteiger partial charge in [-0.2, -0.15) is 0 Å². The second kappa shape index (κ2) is 5.61. The van der Waals surface area contributed by atoms with Crippen molar-refractivity contribution in [1.82, 2.24) is 9.80 Å². The van der Waals surface area contributed by atoms with Crippen LogP contribution in [0.2, 0.25) is 0 Å². The van der Waals surface area contributed by atoms with E-state index in [0.29, 0.717) is 18.7 Å².